The molecule has 10 heteroatoms. The fourth-order valence-corrected chi connectivity index (χ4v) is 3.52. The molecular weight excluding hydrogens is 414 g/mol. The molecule has 0 aliphatic carbocycles. The molecular formula is C22H21N5O5. The summed E-state index contributed by atoms with van der Waals surface area (Å²) in [5.74, 6) is 0.0199. The normalized spacial score (nSPS) is 15.8. The van der Waals surface area contributed by atoms with Gasteiger partial charge in [0.25, 0.3) is 5.56 Å². The molecule has 0 saturated carbocycles. The molecule has 2 N–H and O–H groups in total. The minimum absolute atomic E-state index is 0.147. The Hall–Kier alpha value is -4.21. The first-order valence-electron chi connectivity index (χ1n) is 9.96. The van der Waals surface area contributed by atoms with Gasteiger partial charge in [0, 0.05) is 0 Å². The number of hydrogen-bond acceptors (Lipinski definition) is 7. The number of allylic oxidation sites excluding steroid dienone is 1. The molecule has 0 spiro atoms. The lowest BCUT2D eigenvalue weighted by molar-refractivity contribution is -0.139. The molecule has 1 aromatic heterocycles. The topological polar surface area (TPSA) is 124 Å². The SMILES string of the molecule is CCOC(=O)C1=C(Cn2nnc3ccccc3c2=O)NC(=O)N[C@@H]1c1ccc(OC)cc1. The predicted molar refractivity (Wildman–Crippen MR) is 115 cm³/mol. The van der Waals surface area contributed by atoms with Gasteiger partial charge in [-0.1, -0.05) is 29.5 Å². The van der Waals surface area contributed by atoms with Crippen LogP contribution in [0.2, 0.25) is 0 Å². The fraction of sp³-hybridized carbons (Fsp3) is 0.227. The third-order valence-corrected chi connectivity index (χ3v) is 5.04. The highest BCUT2D eigenvalue weighted by atomic mass is 16.5. The van der Waals surface area contributed by atoms with Crippen LogP contribution >= 0.6 is 0 Å². The molecule has 0 saturated heterocycles. The number of urea groups is 1. The van der Waals surface area contributed by atoms with Crippen molar-refractivity contribution in [2.75, 3.05) is 13.7 Å². The third-order valence-electron chi connectivity index (χ3n) is 5.04. The number of nitrogens with zero attached hydrogens (tertiary/aromatic N) is 3. The number of benzene rings is 2. The summed E-state index contributed by atoms with van der Waals surface area (Å²) in [5, 5.41) is 13.8. The minimum Gasteiger partial charge on any atom is -0.497 e. The van der Waals surface area contributed by atoms with Crippen LogP contribution in [0.5, 0.6) is 5.75 Å². The maximum Gasteiger partial charge on any atom is 0.338 e. The van der Waals surface area contributed by atoms with E-state index >= 15 is 0 Å². The quantitative estimate of drug-likeness (QED) is 0.564. The lowest BCUT2D eigenvalue weighted by atomic mass is 9.95. The molecule has 164 valence electrons. The standard InChI is InChI=1S/C22H21N5O5/c1-3-32-21(29)18-17(12-27-20(28)15-6-4-5-7-16(15)25-26-27)23-22(30)24-19(18)13-8-10-14(31-2)11-9-13/h4-11,19H,3,12H2,1-2H3,(H2,23,24,30)/t19-/m1/s1. The number of rotatable bonds is 6. The second-order valence-electron chi connectivity index (χ2n) is 6.99. The van der Waals surface area contributed by atoms with E-state index in [1.165, 1.54) is 0 Å². The molecule has 32 heavy (non-hydrogen) atoms. The summed E-state index contributed by atoms with van der Waals surface area (Å²) in [5.41, 5.74) is 1.11. The Morgan fingerprint density at radius 1 is 1.12 bits per heavy atom. The average Bonchev–Trinajstić information content (AvgIpc) is 2.81. The van der Waals surface area contributed by atoms with Crippen molar-refractivity contribution in [3.63, 3.8) is 0 Å². The highest BCUT2D eigenvalue weighted by Crippen LogP contribution is 2.29. The van der Waals surface area contributed by atoms with Crippen LogP contribution in [0, 0.1) is 0 Å². The molecule has 0 bridgehead atoms. The van der Waals surface area contributed by atoms with Crippen LogP contribution in [-0.2, 0) is 16.1 Å². The largest absolute Gasteiger partial charge is 0.497 e. The second kappa shape index (κ2) is 8.88. The number of ether oxygens (including phenoxy) is 2. The monoisotopic (exact) mass is 435 g/mol. The molecule has 0 fully saturated rings. The number of fused-ring (bicyclic) bond motifs is 1. The highest BCUT2D eigenvalue weighted by Gasteiger charge is 2.34. The fourth-order valence-electron chi connectivity index (χ4n) is 3.52. The van der Waals surface area contributed by atoms with Crippen molar-refractivity contribution >= 4 is 22.9 Å². The Balaban J connectivity index is 1.81. The van der Waals surface area contributed by atoms with Gasteiger partial charge in [-0.05, 0) is 36.8 Å². The minimum atomic E-state index is -0.784. The molecule has 0 unspecified atom stereocenters. The van der Waals surface area contributed by atoms with Gasteiger partial charge in [-0.15, -0.1) is 5.10 Å². The van der Waals surface area contributed by atoms with Gasteiger partial charge in [-0.25, -0.2) is 14.3 Å². The van der Waals surface area contributed by atoms with Crippen LogP contribution in [0.4, 0.5) is 4.79 Å². The van der Waals surface area contributed by atoms with Gasteiger partial charge in [0.2, 0.25) is 0 Å². The van der Waals surface area contributed by atoms with Crippen molar-refractivity contribution in [2.45, 2.75) is 19.5 Å². The van der Waals surface area contributed by atoms with Crippen LogP contribution in [0.3, 0.4) is 0 Å². The Morgan fingerprint density at radius 2 is 1.88 bits per heavy atom. The first kappa shape index (κ1) is 21.0. The Morgan fingerprint density at radius 3 is 2.59 bits per heavy atom. The van der Waals surface area contributed by atoms with Crippen molar-refractivity contribution in [1.82, 2.24) is 25.6 Å². The second-order valence-corrected chi connectivity index (χ2v) is 6.99. The number of carbonyl (C=O) groups is 2. The van der Waals surface area contributed by atoms with Gasteiger partial charge in [-0.3, -0.25) is 4.79 Å². The van der Waals surface area contributed by atoms with E-state index in [1.54, 1.807) is 62.6 Å². The van der Waals surface area contributed by atoms with Gasteiger partial charge in [-0.2, -0.15) is 0 Å². The summed E-state index contributed by atoms with van der Waals surface area (Å²) in [4.78, 5) is 38.2. The third kappa shape index (κ3) is 4.02. The number of esters is 1. The zero-order valence-corrected chi connectivity index (χ0v) is 17.5. The van der Waals surface area contributed by atoms with Crippen LogP contribution < -0.4 is 20.9 Å². The zero-order chi connectivity index (χ0) is 22.7. The lowest BCUT2D eigenvalue weighted by Crippen LogP contribution is -2.47. The average molecular weight is 435 g/mol. The summed E-state index contributed by atoms with van der Waals surface area (Å²) in [6.07, 6.45) is 0. The van der Waals surface area contributed by atoms with Crippen LogP contribution in [-0.4, -0.2) is 40.7 Å². The van der Waals surface area contributed by atoms with Crippen LogP contribution in [0.25, 0.3) is 10.9 Å². The number of nitrogens with one attached hydrogen (secondary N) is 2. The Labute approximate surface area is 182 Å². The smallest absolute Gasteiger partial charge is 0.338 e. The van der Waals surface area contributed by atoms with Crippen LogP contribution in [0.1, 0.15) is 18.5 Å². The lowest BCUT2D eigenvalue weighted by Gasteiger charge is -2.29. The predicted octanol–water partition coefficient (Wildman–Crippen LogP) is 1.67. The number of aromatic nitrogens is 3. The molecule has 1 atom stereocenters. The summed E-state index contributed by atoms with van der Waals surface area (Å²) in [6.45, 7) is 1.67. The maximum absolute atomic E-state index is 12.9. The molecule has 2 aromatic carbocycles. The van der Waals surface area contributed by atoms with E-state index in [0.717, 1.165) is 4.68 Å². The number of methoxy groups -OCH3 is 1. The summed E-state index contributed by atoms with van der Waals surface area (Å²) in [7, 11) is 1.55. The summed E-state index contributed by atoms with van der Waals surface area (Å²) < 4.78 is 11.5. The van der Waals surface area contributed by atoms with Crippen molar-refractivity contribution in [3.05, 3.63) is 75.7 Å². The van der Waals surface area contributed by atoms with E-state index in [0.29, 0.717) is 22.2 Å². The molecule has 4 rings (SSSR count). The van der Waals surface area contributed by atoms with E-state index < -0.39 is 18.0 Å². The van der Waals surface area contributed by atoms with Gasteiger partial charge < -0.3 is 20.1 Å². The van der Waals surface area contributed by atoms with Gasteiger partial charge in [0.1, 0.15) is 11.3 Å². The Kier molecular flexibility index (Phi) is 5.84. The molecule has 2 heterocycles. The first-order valence-corrected chi connectivity index (χ1v) is 9.96. The van der Waals surface area contributed by atoms with E-state index in [9.17, 15) is 14.4 Å². The Bertz CT molecular complexity index is 1270. The summed E-state index contributed by atoms with van der Waals surface area (Å²) in [6, 6.07) is 12.5. The van der Waals surface area contributed by atoms with Crippen molar-refractivity contribution in [3.8, 4) is 5.75 Å². The molecule has 0 radical (unpaired) electrons. The molecule has 1 aliphatic heterocycles. The molecule has 3 aromatic rings. The van der Waals surface area contributed by atoms with Crippen molar-refractivity contribution in [2.24, 2.45) is 0 Å². The van der Waals surface area contributed by atoms with E-state index in [1.807, 2.05) is 0 Å². The number of carbonyl (C=O) groups excluding carboxylic acids is 2. The van der Waals surface area contributed by atoms with Gasteiger partial charge in [0.05, 0.1) is 43.0 Å². The first-order chi connectivity index (χ1) is 15.5. The van der Waals surface area contributed by atoms with E-state index in [2.05, 4.69) is 20.9 Å². The van der Waals surface area contributed by atoms with Gasteiger partial charge >= 0.3 is 12.0 Å². The molecule has 10 nitrogen and oxygen atoms in total. The van der Waals surface area contributed by atoms with Crippen molar-refractivity contribution < 1.29 is 19.1 Å². The summed E-state index contributed by atoms with van der Waals surface area (Å²) >= 11 is 0. The highest BCUT2D eigenvalue weighted by molar-refractivity contribution is 5.95. The van der Waals surface area contributed by atoms with Gasteiger partial charge in [0.15, 0.2) is 0 Å². The van der Waals surface area contributed by atoms with E-state index in [-0.39, 0.29) is 30.0 Å². The van der Waals surface area contributed by atoms with E-state index in [4.69, 9.17) is 9.47 Å². The zero-order valence-electron chi connectivity index (χ0n) is 17.5. The number of amides is 2. The maximum atomic E-state index is 12.9. The van der Waals surface area contributed by atoms with Crippen molar-refractivity contribution in [1.29, 1.82) is 0 Å². The van der Waals surface area contributed by atoms with Crippen LogP contribution in [0.15, 0.2) is 64.6 Å². The molecule has 2 amide bonds. The molecule has 1 aliphatic rings. The number of hydrogen-bond donors (Lipinski definition) is 2.